The highest BCUT2D eigenvalue weighted by atomic mass is 32.2. The Morgan fingerprint density at radius 3 is 2.41 bits per heavy atom. The number of carboxylic acid groups (broad SMARTS) is 1. The number of hydrogen-bond donors (Lipinski definition) is 2. The summed E-state index contributed by atoms with van der Waals surface area (Å²) in [7, 11) is 0.325. The average Bonchev–Trinajstić information content (AvgIpc) is 2.84. The van der Waals surface area contributed by atoms with E-state index in [0.29, 0.717) is 22.6 Å². The summed E-state index contributed by atoms with van der Waals surface area (Å²) in [4.78, 5) is 10.6. The van der Waals surface area contributed by atoms with Gasteiger partial charge in [-0.1, -0.05) is 0 Å². The molecular weight excluding hydrogens is 374 g/mol. The molecule has 0 fully saturated rings. The number of aryl methyl sites for hydroxylation is 2. The largest absolute Gasteiger partial charge is 0.493 e. The topological polar surface area (TPSA) is 120 Å². The Morgan fingerprint density at radius 1 is 1.26 bits per heavy atom. The van der Waals surface area contributed by atoms with Crippen molar-refractivity contribution in [1.82, 2.24) is 9.78 Å². The number of aromatic nitrogens is 2. The van der Waals surface area contributed by atoms with E-state index in [4.69, 9.17) is 14.6 Å². The van der Waals surface area contributed by atoms with Gasteiger partial charge in [-0.3, -0.25) is 9.40 Å². The lowest BCUT2D eigenvalue weighted by atomic mass is 10.2. The summed E-state index contributed by atoms with van der Waals surface area (Å²) in [5.41, 5.74) is 1.86. The first-order chi connectivity index (χ1) is 12.6. The van der Waals surface area contributed by atoms with Gasteiger partial charge < -0.3 is 14.6 Å². The predicted molar refractivity (Wildman–Crippen MR) is 99.7 cm³/mol. The van der Waals surface area contributed by atoms with Crippen LogP contribution in [0, 0.1) is 13.8 Å². The van der Waals surface area contributed by atoms with Crippen LogP contribution < -0.4 is 14.2 Å². The van der Waals surface area contributed by atoms with E-state index >= 15 is 0 Å². The highest BCUT2D eigenvalue weighted by Gasteiger charge is 2.26. The van der Waals surface area contributed by atoms with Crippen molar-refractivity contribution in [3.05, 3.63) is 35.2 Å². The summed E-state index contributed by atoms with van der Waals surface area (Å²) in [5, 5.41) is 13.0. The fourth-order valence-electron chi connectivity index (χ4n) is 2.52. The molecule has 1 aromatic carbocycles. The van der Waals surface area contributed by atoms with Crippen molar-refractivity contribution in [2.45, 2.75) is 18.7 Å². The number of sulfonamides is 1. The molecule has 2 N–H and O–H groups in total. The molecule has 0 atom stereocenters. The molecule has 0 saturated carbocycles. The van der Waals surface area contributed by atoms with E-state index < -0.39 is 16.0 Å². The standard InChI is InChI=1S/C17H21N3O6S/c1-10-16(11(2)20(3)18-10)19-27(23,24)14-9-12(6-7-15(21)22)8-13(25-4)17(14)26-5/h6-9,19H,1-5H3,(H,21,22)/b7-6+. The number of rotatable bonds is 7. The first kappa shape index (κ1) is 20.3. The number of aliphatic carboxylic acids is 1. The fraction of sp³-hybridized carbons (Fsp3) is 0.294. The highest BCUT2D eigenvalue weighted by Crippen LogP contribution is 2.37. The molecule has 27 heavy (non-hydrogen) atoms. The molecule has 0 unspecified atom stereocenters. The first-order valence-electron chi connectivity index (χ1n) is 7.80. The molecule has 0 saturated heterocycles. The number of hydrogen-bond acceptors (Lipinski definition) is 6. The van der Waals surface area contributed by atoms with E-state index in [-0.39, 0.29) is 16.4 Å². The van der Waals surface area contributed by atoms with Crippen LogP contribution in [0.3, 0.4) is 0 Å². The molecule has 146 valence electrons. The summed E-state index contributed by atoms with van der Waals surface area (Å²) < 4.78 is 40.6. The van der Waals surface area contributed by atoms with Gasteiger partial charge in [-0.2, -0.15) is 5.10 Å². The highest BCUT2D eigenvalue weighted by molar-refractivity contribution is 7.92. The number of nitrogens with one attached hydrogen (secondary N) is 1. The third-order valence-corrected chi connectivity index (χ3v) is 5.28. The zero-order valence-corrected chi connectivity index (χ0v) is 16.4. The maximum absolute atomic E-state index is 13.0. The van der Waals surface area contributed by atoms with E-state index in [1.807, 2.05) is 0 Å². The van der Waals surface area contributed by atoms with Gasteiger partial charge >= 0.3 is 5.97 Å². The Morgan fingerprint density at radius 2 is 1.93 bits per heavy atom. The summed E-state index contributed by atoms with van der Waals surface area (Å²) in [5.74, 6) is -0.990. The first-order valence-corrected chi connectivity index (χ1v) is 9.29. The molecule has 1 aromatic heterocycles. The van der Waals surface area contributed by atoms with Crippen LogP contribution in [-0.2, 0) is 21.9 Å². The maximum Gasteiger partial charge on any atom is 0.328 e. The number of carboxylic acids is 1. The number of anilines is 1. The Balaban J connectivity index is 2.62. The van der Waals surface area contributed by atoms with Gasteiger partial charge in [0.1, 0.15) is 4.90 Å². The Bertz CT molecular complexity index is 1010. The third-order valence-electron chi connectivity index (χ3n) is 3.92. The smallest absolute Gasteiger partial charge is 0.328 e. The monoisotopic (exact) mass is 395 g/mol. The molecule has 2 rings (SSSR count). The number of ether oxygens (including phenoxy) is 2. The van der Waals surface area contributed by atoms with E-state index in [1.165, 1.54) is 32.4 Å². The molecule has 0 bridgehead atoms. The van der Waals surface area contributed by atoms with Gasteiger partial charge in [0.15, 0.2) is 11.5 Å². The summed E-state index contributed by atoms with van der Waals surface area (Å²) in [6.45, 7) is 3.43. The Hall–Kier alpha value is -3.01. The zero-order valence-electron chi connectivity index (χ0n) is 15.6. The SMILES string of the molecule is COc1cc(/C=C/C(=O)O)cc(S(=O)(=O)Nc2c(C)nn(C)c2C)c1OC. The lowest BCUT2D eigenvalue weighted by Crippen LogP contribution is -2.16. The number of carbonyl (C=O) groups is 1. The van der Waals surface area contributed by atoms with Crippen LogP contribution in [0.1, 0.15) is 17.0 Å². The van der Waals surface area contributed by atoms with Crippen molar-refractivity contribution < 1.29 is 27.8 Å². The molecular formula is C17H21N3O6S. The van der Waals surface area contributed by atoms with Crippen molar-refractivity contribution in [1.29, 1.82) is 0 Å². The van der Waals surface area contributed by atoms with Crippen LogP contribution in [0.4, 0.5) is 5.69 Å². The van der Waals surface area contributed by atoms with Crippen LogP contribution in [0.25, 0.3) is 6.08 Å². The minimum atomic E-state index is -4.07. The third kappa shape index (κ3) is 4.22. The maximum atomic E-state index is 13.0. The van der Waals surface area contributed by atoms with Gasteiger partial charge in [-0.25, -0.2) is 13.2 Å². The minimum absolute atomic E-state index is 0.0108. The van der Waals surface area contributed by atoms with E-state index in [9.17, 15) is 13.2 Å². The Kier molecular flexibility index (Phi) is 5.79. The van der Waals surface area contributed by atoms with Crippen LogP contribution in [0.2, 0.25) is 0 Å². The molecule has 0 amide bonds. The van der Waals surface area contributed by atoms with Crippen molar-refractivity contribution in [2.24, 2.45) is 7.05 Å². The molecule has 10 heteroatoms. The molecule has 0 radical (unpaired) electrons. The minimum Gasteiger partial charge on any atom is -0.493 e. The lowest BCUT2D eigenvalue weighted by Gasteiger charge is -2.15. The lowest BCUT2D eigenvalue weighted by molar-refractivity contribution is -0.131. The average molecular weight is 395 g/mol. The van der Waals surface area contributed by atoms with Crippen LogP contribution in [0.5, 0.6) is 11.5 Å². The summed E-state index contributed by atoms with van der Waals surface area (Å²) in [6.07, 6.45) is 2.17. The van der Waals surface area contributed by atoms with Gasteiger partial charge in [-0.15, -0.1) is 0 Å². The second-order valence-electron chi connectivity index (χ2n) is 5.70. The van der Waals surface area contributed by atoms with Gasteiger partial charge in [0.25, 0.3) is 10.0 Å². The quantitative estimate of drug-likeness (QED) is 0.688. The normalized spacial score (nSPS) is 11.6. The molecule has 2 aromatic rings. The van der Waals surface area contributed by atoms with Crippen molar-refractivity contribution in [2.75, 3.05) is 18.9 Å². The van der Waals surface area contributed by atoms with E-state index in [0.717, 1.165) is 6.08 Å². The zero-order chi connectivity index (χ0) is 20.4. The second-order valence-corrected chi connectivity index (χ2v) is 7.35. The molecule has 1 heterocycles. The predicted octanol–water partition coefficient (Wildman–Crippen LogP) is 1.95. The van der Waals surface area contributed by atoms with Crippen molar-refractivity contribution in [3.8, 4) is 11.5 Å². The van der Waals surface area contributed by atoms with Gasteiger partial charge in [0.2, 0.25) is 0 Å². The van der Waals surface area contributed by atoms with Crippen LogP contribution in [0.15, 0.2) is 23.1 Å². The molecule has 0 aliphatic rings. The summed E-state index contributed by atoms with van der Waals surface area (Å²) in [6, 6.07) is 2.79. The van der Waals surface area contributed by atoms with Crippen LogP contribution >= 0.6 is 0 Å². The van der Waals surface area contributed by atoms with Crippen molar-refractivity contribution >= 4 is 27.8 Å². The van der Waals surface area contributed by atoms with Gasteiger partial charge in [0.05, 0.1) is 31.3 Å². The number of benzene rings is 1. The van der Waals surface area contributed by atoms with E-state index in [1.54, 1.807) is 25.6 Å². The second kappa shape index (κ2) is 7.70. The van der Waals surface area contributed by atoms with Gasteiger partial charge in [-0.05, 0) is 37.6 Å². The molecule has 0 spiro atoms. The molecule has 0 aliphatic heterocycles. The Labute approximate surface area is 157 Å². The molecule has 0 aliphatic carbocycles. The number of methoxy groups -OCH3 is 2. The fourth-order valence-corrected chi connectivity index (χ4v) is 3.92. The number of nitrogens with zero attached hydrogens (tertiary/aromatic N) is 2. The van der Waals surface area contributed by atoms with Crippen molar-refractivity contribution in [3.63, 3.8) is 0 Å². The molecule has 9 nitrogen and oxygen atoms in total. The van der Waals surface area contributed by atoms with Gasteiger partial charge in [0, 0.05) is 13.1 Å². The summed E-state index contributed by atoms with van der Waals surface area (Å²) >= 11 is 0. The van der Waals surface area contributed by atoms with Crippen LogP contribution in [-0.4, -0.2) is 43.5 Å². The van der Waals surface area contributed by atoms with E-state index in [2.05, 4.69) is 9.82 Å².